The summed E-state index contributed by atoms with van der Waals surface area (Å²) in [5.74, 6) is -0.155. The van der Waals surface area contributed by atoms with Gasteiger partial charge in [-0.2, -0.15) is 0 Å². The molecule has 1 atom stereocenters. The van der Waals surface area contributed by atoms with Crippen LogP contribution in [0, 0.1) is 6.92 Å². The average Bonchev–Trinajstić information content (AvgIpc) is 2.76. The fraction of sp³-hybridized carbons (Fsp3) is 0.500. The van der Waals surface area contributed by atoms with Gasteiger partial charge >= 0.3 is 0 Å². The summed E-state index contributed by atoms with van der Waals surface area (Å²) in [7, 11) is 2.08. The summed E-state index contributed by atoms with van der Waals surface area (Å²) in [6.45, 7) is 5.52. The molecule has 21 heavy (non-hydrogen) atoms. The first-order valence-electron chi connectivity index (χ1n) is 7.43. The minimum absolute atomic E-state index is 0.0705. The summed E-state index contributed by atoms with van der Waals surface area (Å²) < 4.78 is 0. The van der Waals surface area contributed by atoms with E-state index in [0.29, 0.717) is 6.42 Å². The molecule has 0 radical (unpaired) electrons. The molecule has 3 rings (SSSR count). The number of para-hydroxylation sites is 1. The second-order valence-electron chi connectivity index (χ2n) is 5.91. The Morgan fingerprint density at radius 2 is 1.71 bits per heavy atom. The van der Waals surface area contributed by atoms with Gasteiger partial charge < -0.3 is 4.90 Å². The third-order valence-electron chi connectivity index (χ3n) is 4.46. The maximum Gasteiger partial charge on any atom is 0.251 e. The smallest absolute Gasteiger partial charge is 0.251 e. The van der Waals surface area contributed by atoms with Crippen molar-refractivity contribution in [1.82, 2.24) is 9.80 Å². The van der Waals surface area contributed by atoms with Crippen molar-refractivity contribution in [2.24, 2.45) is 0 Å². The second-order valence-corrected chi connectivity index (χ2v) is 5.91. The molecule has 2 saturated heterocycles. The highest BCUT2D eigenvalue weighted by atomic mass is 16.2. The van der Waals surface area contributed by atoms with Crippen LogP contribution in [-0.4, -0.2) is 60.9 Å². The first-order chi connectivity index (χ1) is 10.1. The molecule has 0 saturated carbocycles. The van der Waals surface area contributed by atoms with E-state index < -0.39 is 0 Å². The Morgan fingerprint density at radius 1 is 1.05 bits per heavy atom. The number of likely N-dealkylation sites (N-methyl/N-ethyl adjacent to an activating group) is 1. The molecule has 0 spiro atoms. The number of aryl methyl sites for hydroxylation is 1. The van der Waals surface area contributed by atoms with E-state index in [9.17, 15) is 9.59 Å². The third-order valence-corrected chi connectivity index (χ3v) is 4.46. The Bertz CT molecular complexity index is 564. The lowest BCUT2D eigenvalue weighted by atomic mass is 10.1. The largest absolute Gasteiger partial charge is 0.304 e. The van der Waals surface area contributed by atoms with Crippen molar-refractivity contribution in [2.45, 2.75) is 19.4 Å². The molecule has 1 aromatic rings. The molecule has 0 unspecified atom stereocenters. The first-order valence-corrected chi connectivity index (χ1v) is 7.43. The van der Waals surface area contributed by atoms with Crippen LogP contribution in [-0.2, 0) is 9.59 Å². The molecule has 0 bridgehead atoms. The lowest BCUT2D eigenvalue weighted by Crippen LogP contribution is -2.51. The number of benzene rings is 1. The van der Waals surface area contributed by atoms with E-state index in [1.54, 1.807) is 0 Å². The molecular weight excluding hydrogens is 266 g/mol. The van der Waals surface area contributed by atoms with Crippen LogP contribution < -0.4 is 4.90 Å². The number of rotatable bonds is 2. The molecule has 2 aliphatic heterocycles. The number of anilines is 1. The van der Waals surface area contributed by atoms with Gasteiger partial charge in [0.05, 0.1) is 18.2 Å². The van der Waals surface area contributed by atoms with Crippen molar-refractivity contribution in [1.29, 1.82) is 0 Å². The summed E-state index contributed by atoms with van der Waals surface area (Å²) in [6.07, 6.45) is 0.302. The van der Waals surface area contributed by atoms with Gasteiger partial charge in [-0.25, -0.2) is 4.90 Å². The molecule has 2 aliphatic rings. The van der Waals surface area contributed by atoms with Crippen molar-refractivity contribution >= 4 is 17.5 Å². The van der Waals surface area contributed by atoms with Crippen LogP contribution in [0.1, 0.15) is 12.0 Å². The Morgan fingerprint density at radius 3 is 2.38 bits per heavy atom. The van der Waals surface area contributed by atoms with E-state index in [2.05, 4.69) is 16.8 Å². The number of carbonyl (C=O) groups excluding carboxylic acids is 2. The number of piperazine rings is 1. The maximum atomic E-state index is 12.7. The van der Waals surface area contributed by atoms with E-state index in [1.165, 1.54) is 4.90 Å². The number of hydrogen-bond donors (Lipinski definition) is 0. The quantitative estimate of drug-likeness (QED) is 0.757. The average molecular weight is 287 g/mol. The van der Waals surface area contributed by atoms with Gasteiger partial charge in [-0.15, -0.1) is 0 Å². The summed E-state index contributed by atoms with van der Waals surface area (Å²) >= 11 is 0. The van der Waals surface area contributed by atoms with Gasteiger partial charge in [-0.05, 0) is 25.6 Å². The zero-order valence-corrected chi connectivity index (χ0v) is 12.6. The van der Waals surface area contributed by atoms with Crippen LogP contribution in [0.5, 0.6) is 0 Å². The number of hydrogen-bond acceptors (Lipinski definition) is 4. The van der Waals surface area contributed by atoms with Crippen LogP contribution in [0.3, 0.4) is 0 Å². The van der Waals surface area contributed by atoms with Crippen molar-refractivity contribution in [3.8, 4) is 0 Å². The molecule has 1 aromatic carbocycles. The van der Waals surface area contributed by atoms with Crippen LogP contribution in [0.25, 0.3) is 0 Å². The topological polar surface area (TPSA) is 43.9 Å². The minimum atomic E-state index is -0.286. The fourth-order valence-corrected chi connectivity index (χ4v) is 3.10. The summed E-state index contributed by atoms with van der Waals surface area (Å²) in [4.78, 5) is 30.8. The van der Waals surface area contributed by atoms with Crippen molar-refractivity contribution in [3.05, 3.63) is 29.8 Å². The zero-order chi connectivity index (χ0) is 15.0. The third kappa shape index (κ3) is 2.59. The second kappa shape index (κ2) is 5.58. The molecule has 112 valence electrons. The standard InChI is InChI=1S/C16H21N3O2/c1-12-5-3-4-6-13(12)19-15(20)11-14(16(19)21)18-9-7-17(2)8-10-18/h3-6,14H,7-11H2,1-2H3/t14-/m1/s1. The lowest BCUT2D eigenvalue weighted by Gasteiger charge is -2.35. The highest BCUT2D eigenvalue weighted by Gasteiger charge is 2.43. The Labute approximate surface area is 125 Å². The number of amides is 2. The van der Waals surface area contributed by atoms with Crippen LogP contribution in [0.15, 0.2) is 24.3 Å². The lowest BCUT2D eigenvalue weighted by molar-refractivity contribution is -0.123. The van der Waals surface area contributed by atoms with Gasteiger partial charge in [-0.3, -0.25) is 14.5 Å². The van der Waals surface area contributed by atoms with E-state index in [0.717, 1.165) is 37.4 Å². The minimum Gasteiger partial charge on any atom is -0.304 e. The SMILES string of the molecule is Cc1ccccc1N1C(=O)C[C@@H](N2CCN(C)CC2)C1=O. The maximum absolute atomic E-state index is 12.7. The molecule has 0 N–H and O–H groups in total. The van der Waals surface area contributed by atoms with E-state index in [-0.39, 0.29) is 17.9 Å². The van der Waals surface area contributed by atoms with Gasteiger partial charge in [0.15, 0.2) is 0 Å². The van der Waals surface area contributed by atoms with E-state index in [1.807, 2.05) is 31.2 Å². The number of carbonyl (C=O) groups is 2. The van der Waals surface area contributed by atoms with Crippen molar-refractivity contribution in [2.75, 3.05) is 38.1 Å². The molecule has 5 nitrogen and oxygen atoms in total. The van der Waals surface area contributed by atoms with Crippen LogP contribution in [0.4, 0.5) is 5.69 Å². The van der Waals surface area contributed by atoms with Gasteiger partial charge in [0, 0.05) is 26.2 Å². The molecule has 2 fully saturated rings. The van der Waals surface area contributed by atoms with Crippen LogP contribution >= 0.6 is 0 Å². The normalized spacial score (nSPS) is 24.9. The molecule has 0 aliphatic carbocycles. The van der Waals surface area contributed by atoms with E-state index in [4.69, 9.17) is 0 Å². The Balaban J connectivity index is 1.81. The monoisotopic (exact) mass is 287 g/mol. The highest BCUT2D eigenvalue weighted by Crippen LogP contribution is 2.28. The fourth-order valence-electron chi connectivity index (χ4n) is 3.10. The first kappa shape index (κ1) is 14.2. The molecule has 5 heteroatoms. The molecule has 2 heterocycles. The van der Waals surface area contributed by atoms with Gasteiger partial charge in [0.25, 0.3) is 5.91 Å². The molecular formula is C16H21N3O2. The van der Waals surface area contributed by atoms with Gasteiger partial charge in [0.2, 0.25) is 5.91 Å². The van der Waals surface area contributed by atoms with Crippen molar-refractivity contribution < 1.29 is 9.59 Å². The highest BCUT2D eigenvalue weighted by molar-refractivity contribution is 6.22. The summed E-state index contributed by atoms with van der Waals surface area (Å²) in [6, 6.07) is 7.27. The van der Waals surface area contributed by atoms with E-state index >= 15 is 0 Å². The zero-order valence-electron chi connectivity index (χ0n) is 12.6. The van der Waals surface area contributed by atoms with Crippen LogP contribution in [0.2, 0.25) is 0 Å². The molecule has 2 amide bonds. The molecule has 0 aromatic heterocycles. The van der Waals surface area contributed by atoms with Crippen molar-refractivity contribution in [3.63, 3.8) is 0 Å². The number of imide groups is 1. The number of nitrogens with zero attached hydrogens (tertiary/aromatic N) is 3. The van der Waals surface area contributed by atoms with Gasteiger partial charge in [0.1, 0.15) is 0 Å². The summed E-state index contributed by atoms with van der Waals surface area (Å²) in [5.41, 5.74) is 1.68. The van der Waals surface area contributed by atoms with Gasteiger partial charge in [-0.1, -0.05) is 18.2 Å². The Kier molecular flexibility index (Phi) is 3.78. The Hall–Kier alpha value is -1.72. The predicted octanol–water partition coefficient (Wildman–Crippen LogP) is 0.874. The summed E-state index contributed by atoms with van der Waals surface area (Å²) in [5, 5.41) is 0. The predicted molar refractivity (Wildman–Crippen MR) is 81.1 cm³/mol.